The molecule has 1 aromatic carbocycles. The summed E-state index contributed by atoms with van der Waals surface area (Å²) in [7, 11) is 0. The van der Waals surface area contributed by atoms with Crippen molar-refractivity contribution >= 4 is 46.5 Å². The zero-order valence-electron chi connectivity index (χ0n) is 15.8. The summed E-state index contributed by atoms with van der Waals surface area (Å²) in [5.41, 5.74) is 0.370. The smallest absolute Gasteiger partial charge is 0.241 e. The van der Waals surface area contributed by atoms with Gasteiger partial charge < -0.3 is 10.6 Å². The number of hydrogen-bond donors (Lipinski definition) is 2. The van der Waals surface area contributed by atoms with Gasteiger partial charge in [-0.05, 0) is 63.2 Å². The summed E-state index contributed by atoms with van der Waals surface area (Å²) in [6.45, 7) is 3.01. The van der Waals surface area contributed by atoms with Gasteiger partial charge in [0.15, 0.2) is 0 Å². The molecule has 0 bridgehead atoms. The summed E-state index contributed by atoms with van der Waals surface area (Å²) < 4.78 is 13.1. The number of halogens is 3. The van der Waals surface area contributed by atoms with Crippen LogP contribution in [0.4, 0.5) is 15.9 Å². The minimum absolute atomic E-state index is 0.0883. The Morgan fingerprint density at radius 3 is 2.52 bits per heavy atom. The minimum Gasteiger partial charge on any atom is -0.323 e. The molecule has 0 spiro atoms. The van der Waals surface area contributed by atoms with Gasteiger partial charge in [0.1, 0.15) is 11.6 Å². The molecule has 2 amide bonds. The van der Waals surface area contributed by atoms with Gasteiger partial charge in [-0.1, -0.05) is 23.2 Å². The highest BCUT2D eigenvalue weighted by atomic mass is 35.5. The lowest BCUT2D eigenvalue weighted by molar-refractivity contribution is -0.123. The van der Waals surface area contributed by atoms with Gasteiger partial charge in [0.2, 0.25) is 11.8 Å². The maximum Gasteiger partial charge on any atom is 0.241 e. The van der Waals surface area contributed by atoms with E-state index in [0.29, 0.717) is 42.5 Å². The SMILES string of the molecule is CC(C(=O)Nc1ccc(F)cc1Cl)N1CCC(C(=O)Nc2ccc(Cl)cn2)CC1. The van der Waals surface area contributed by atoms with Crippen LogP contribution < -0.4 is 10.6 Å². The van der Waals surface area contributed by atoms with Gasteiger partial charge in [0.05, 0.1) is 21.8 Å². The maximum atomic E-state index is 13.1. The number of nitrogens with one attached hydrogen (secondary N) is 2. The Morgan fingerprint density at radius 2 is 1.90 bits per heavy atom. The van der Waals surface area contributed by atoms with E-state index in [-0.39, 0.29) is 22.8 Å². The molecule has 9 heteroatoms. The predicted molar refractivity (Wildman–Crippen MR) is 112 cm³/mol. The van der Waals surface area contributed by atoms with Gasteiger partial charge in [-0.25, -0.2) is 9.37 Å². The molecule has 1 unspecified atom stereocenters. The van der Waals surface area contributed by atoms with Gasteiger partial charge in [-0.3, -0.25) is 14.5 Å². The quantitative estimate of drug-likeness (QED) is 0.732. The lowest BCUT2D eigenvalue weighted by atomic mass is 9.95. The van der Waals surface area contributed by atoms with Gasteiger partial charge >= 0.3 is 0 Å². The van der Waals surface area contributed by atoms with Crippen molar-refractivity contribution in [2.45, 2.75) is 25.8 Å². The van der Waals surface area contributed by atoms with E-state index in [1.54, 1.807) is 19.1 Å². The van der Waals surface area contributed by atoms with Crippen molar-refractivity contribution in [1.29, 1.82) is 0 Å². The van der Waals surface area contributed by atoms with Crippen molar-refractivity contribution in [2.24, 2.45) is 5.92 Å². The number of anilines is 2. The maximum absolute atomic E-state index is 13.1. The molecule has 1 aliphatic heterocycles. The number of likely N-dealkylation sites (tertiary alicyclic amines) is 1. The average molecular weight is 439 g/mol. The molecule has 0 radical (unpaired) electrons. The van der Waals surface area contributed by atoms with Crippen molar-refractivity contribution in [3.05, 3.63) is 52.4 Å². The number of hydrogen-bond acceptors (Lipinski definition) is 4. The summed E-state index contributed by atoms with van der Waals surface area (Å²) in [6.07, 6.45) is 2.75. The van der Waals surface area contributed by atoms with Crippen LogP contribution in [0.25, 0.3) is 0 Å². The first-order valence-corrected chi connectivity index (χ1v) is 10.0. The third kappa shape index (κ3) is 5.65. The summed E-state index contributed by atoms with van der Waals surface area (Å²) in [5, 5.41) is 6.18. The van der Waals surface area contributed by atoms with Crippen molar-refractivity contribution in [2.75, 3.05) is 23.7 Å². The van der Waals surface area contributed by atoms with Crippen LogP contribution in [0.1, 0.15) is 19.8 Å². The molecular weight excluding hydrogens is 418 g/mol. The monoisotopic (exact) mass is 438 g/mol. The van der Waals surface area contributed by atoms with Crippen molar-refractivity contribution in [3.63, 3.8) is 0 Å². The first-order valence-electron chi connectivity index (χ1n) is 9.26. The standard InChI is InChI=1S/C20H21Cl2FN4O2/c1-12(19(28)25-17-4-3-15(23)10-16(17)22)27-8-6-13(7-9-27)20(29)26-18-5-2-14(21)11-24-18/h2-5,10-13H,6-9H2,1H3,(H,25,28)(H,24,26,29). The third-order valence-electron chi connectivity index (χ3n) is 5.00. The van der Waals surface area contributed by atoms with Crippen LogP contribution in [-0.2, 0) is 9.59 Å². The number of aromatic nitrogens is 1. The van der Waals surface area contributed by atoms with Crippen LogP contribution in [0.2, 0.25) is 10.0 Å². The average Bonchev–Trinajstić information content (AvgIpc) is 2.71. The highest BCUT2D eigenvalue weighted by molar-refractivity contribution is 6.33. The second kappa shape index (κ2) is 9.52. The first kappa shape index (κ1) is 21.5. The molecule has 0 saturated carbocycles. The molecule has 0 aliphatic carbocycles. The molecule has 1 saturated heterocycles. The van der Waals surface area contributed by atoms with Crippen molar-refractivity contribution in [3.8, 4) is 0 Å². The Morgan fingerprint density at radius 1 is 1.17 bits per heavy atom. The third-order valence-corrected chi connectivity index (χ3v) is 5.53. The van der Waals surface area contributed by atoms with Crippen LogP contribution in [0.15, 0.2) is 36.5 Å². The van der Waals surface area contributed by atoms with Crippen molar-refractivity contribution in [1.82, 2.24) is 9.88 Å². The Kier molecular flexibility index (Phi) is 7.05. The second-order valence-corrected chi connectivity index (χ2v) is 7.79. The van der Waals surface area contributed by atoms with E-state index in [9.17, 15) is 14.0 Å². The van der Waals surface area contributed by atoms with Gasteiger partial charge in [0, 0.05) is 12.1 Å². The summed E-state index contributed by atoms with van der Waals surface area (Å²) in [4.78, 5) is 31.1. The molecule has 2 aromatic rings. The Bertz CT molecular complexity index is 887. The Labute approximate surface area is 178 Å². The lowest BCUT2D eigenvalue weighted by Gasteiger charge is -2.34. The number of nitrogens with zero attached hydrogens (tertiary/aromatic N) is 2. The number of rotatable bonds is 5. The number of carbonyl (C=O) groups excluding carboxylic acids is 2. The molecule has 1 aliphatic rings. The summed E-state index contributed by atoms with van der Waals surface area (Å²) in [6, 6.07) is 6.75. The van der Waals surface area contributed by atoms with E-state index < -0.39 is 11.9 Å². The summed E-state index contributed by atoms with van der Waals surface area (Å²) >= 11 is 11.8. The van der Waals surface area contributed by atoms with Crippen LogP contribution in [0, 0.1) is 11.7 Å². The van der Waals surface area contributed by atoms with E-state index in [1.807, 2.05) is 4.90 Å². The molecule has 2 heterocycles. The van der Waals surface area contributed by atoms with Gasteiger partial charge in [0.25, 0.3) is 0 Å². The number of carbonyl (C=O) groups is 2. The first-order chi connectivity index (χ1) is 13.8. The van der Waals surface area contributed by atoms with Crippen LogP contribution >= 0.6 is 23.2 Å². The molecule has 1 aromatic heterocycles. The fourth-order valence-corrected chi connectivity index (χ4v) is 3.55. The zero-order valence-corrected chi connectivity index (χ0v) is 17.3. The minimum atomic E-state index is -0.463. The molecule has 1 atom stereocenters. The largest absolute Gasteiger partial charge is 0.323 e. The second-order valence-electron chi connectivity index (χ2n) is 6.95. The topological polar surface area (TPSA) is 74.3 Å². The molecule has 1 fully saturated rings. The normalized spacial score (nSPS) is 16.3. The number of pyridine rings is 1. The molecular formula is C20H21Cl2FN4O2. The van der Waals surface area contributed by atoms with Crippen molar-refractivity contribution < 1.29 is 14.0 Å². The van der Waals surface area contributed by atoms with E-state index in [4.69, 9.17) is 23.2 Å². The highest BCUT2D eigenvalue weighted by Crippen LogP contribution is 2.24. The molecule has 29 heavy (non-hydrogen) atoms. The van der Waals surface area contributed by atoms with Crippen LogP contribution in [0.3, 0.4) is 0 Å². The predicted octanol–water partition coefficient (Wildman–Crippen LogP) is 4.21. The molecule has 154 valence electrons. The van der Waals surface area contributed by atoms with Gasteiger partial charge in [-0.15, -0.1) is 0 Å². The molecule has 3 rings (SSSR count). The number of amides is 2. The number of benzene rings is 1. The zero-order chi connectivity index (χ0) is 21.0. The van der Waals surface area contributed by atoms with Crippen LogP contribution in [0.5, 0.6) is 0 Å². The fraction of sp³-hybridized carbons (Fsp3) is 0.350. The fourth-order valence-electron chi connectivity index (χ4n) is 3.22. The van der Waals surface area contributed by atoms with E-state index in [1.165, 1.54) is 18.3 Å². The number of piperidine rings is 1. The Balaban J connectivity index is 1.50. The summed E-state index contributed by atoms with van der Waals surface area (Å²) in [5.74, 6) is -0.465. The van der Waals surface area contributed by atoms with E-state index in [2.05, 4.69) is 15.6 Å². The highest BCUT2D eigenvalue weighted by Gasteiger charge is 2.30. The lowest BCUT2D eigenvalue weighted by Crippen LogP contribution is -2.47. The van der Waals surface area contributed by atoms with E-state index in [0.717, 1.165) is 6.07 Å². The Hall–Kier alpha value is -2.22. The van der Waals surface area contributed by atoms with Gasteiger partial charge in [-0.2, -0.15) is 0 Å². The molecule has 6 nitrogen and oxygen atoms in total. The molecule has 2 N–H and O–H groups in total. The van der Waals surface area contributed by atoms with Crippen LogP contribution in [-0.4, -0.2) is 40.8 Å². The van der Waals surface area contributed by atoms with E-state index >= 15 is 0 Å².